The van der Waals surface area contributed by atoms with Gasteiger partial charge in [0.2, 0.25) is 5.82 Å². The summed E-state index contributed by atoms with van der Waals surface area (Å²) in [6, 6.07) is 22.5. The molecule has 0 aliphatic carbocycles. The van der Waals surface area contributed by atoms with Crippen LogP contribution in [0.15, 0.2) is 76.8 Å². The van der Waals surface area contributed by atoms with Gasteiger partial charge in [-0.25, -0.2) is 9.67 Å². The van der Waals surface area contributed by atoms with Gasteiger partial charge in [-0.2, -0.15) is 0 Å². The number of thioether (sulfide) groups is 1. The first-order chi connectivity index (χ1) is 16.2. The van der Waals surface area contributed by atoms with Crippen molar-refractivity contribution in [1.82, 2.24) is 25.2 Å². The Morgan fingerprint density at radius 3 is 2.55 bits per heavy atom. The van der Waals surface area contributed by atoms with Crippen LogP contribution in [-0.2, 0) is 31.6 Å². The van der Waals surface area contributed by atoms with E-state index in [1.807, 2.05) is 48.7 Å². The molecule has 0 bridgehead atoms. The van der Waals surface area contributed by atoms with E-state index in [4.69, 9.17) is 9.82 Å². The average molecular weight is 458 g/mol. The monoisotopic (exact) mass is 457 g/mol. The zero-order chi connectivity index (χ0) is 22.6. The van der Waals surface area contributed by atoms with Crippen LogP contribution in [0.2, 0.25) is 0 Å². The lowest BCUT2D eigenvalue weighted by Gasteiger charge is -2.17. The second kappa shape index (κ2) is 9.41. The van der Waals surface area contributed by atoms with Crippen LogP contribution in [0.25, 0.3) is 0 Å². The number of rotatable bonds is 7. The van der Waals surface area contributed by atoms with Crippen LogP contribution in [0.5, 0.6) is 0 Å². The Kier molecular flexibility index (Phi) is 6.03. The summed E-state index contributed by atoms with van der Waals surface area (Å²) in [5, 5.41) is 16.2. The Labute approximate surface area is 196 Å². The number of fused-ring (bicyclic) bond motifs is 1. The number of pyridine rings is 1. The minimum Gasteiger partial charge on any atom is -0.389 e. The van der Waals surface area contributed by atoms with Crippen LogP contribution < -0.4 is 4.90 Å². The first-order valence-corrected chi connectivity index (χ1v) is 11.8. The van der Waals surface area contributed by atoms with E-state index in [-0.39, 0.29) is 6.61 Å². The van der Waals surface area contributed by atoms with Gasteiger partial charge in [-0.15, -0.1) is 16.9 Å². The highest BCUT2D eigenvalue weighted by Gasteiger charge is 2.20. The topological polar surface area (TPSA) is 81.3 Å². The van der Waals surface area contributed by atoms with Gasteiger partial charge in [-0.05, 0) is 52.1 Å². The second-order valence-electron chi connectivity index (χ2n) is 7.68. The molecule has 166 valence electrons. The van der Waals surface area contributed by atoms with Crippen molar-refractivity contribution in [2.75, 3.05) is 11.2 Å². The van der Waals surface area contributed by atoms with Crippen molar-refractivity contribution < 1.29 is 4.84 Å². The van der Waals surface area contributed by atoms with Gasteiger partial charge >= 0.3 is 0 Å². The molecule has 9 heteroatoms. The zero-order valence-corrected chi connectivity index (χ0v) is 19.2. The third-order valence-corrected chi connectivity index (χ3v) is 6.23. The molecule has 33 heavy (non-hydrogen) atoms. The summed E-state index contributed by atoms with van der Waals surface area (Å²) in [6.45, 7) is 1.97. The standard InChI is InChI=1S/C24H23N7OS/c1-30-24(26-28-29-30)23(17-9-5-11-21(13-17)33-2)27-32-16-20-10-6-12-22(25-20)31-14-18-7-3-4-8-19(18)15-31/h3-13H,14-16H2,1-2H3. The second-order valence-corrected chi connectivity index (χ2v) is 8.56. The predicted octanol–water partition coefficient (Wildman–Crippen LogP) is 3.82. The Bertz CT molecular complexity index is 1280. The summed E-state index contributed by atoms with van der Waals surface area (Å²) in [4.78, 5) is 13.9. The molecule has 0 saturated heterocycles. The Morgan fingerprint density at radius 1 is 1.03 bits per heavy atom. The molecule has 0 unspecified atom stereocenters. The Balaban J connectivity index is 1.35. The van der Waals surface area contributed by atoms with E-state index in [0.29, 0.717) is 11.5 Å². The molecule has 1 aliphatic rings. The lowest BCUT2D eigenvalue weighted by Crippen LogP contribution is -2.16. The maximum absolute atomic E-state index is 5.76. The van der Waals surface area contributed by atoms with Gasteiger partial charge in [0.25, 0.3) is 0 Å². The van der Waals surface area contributed by atoms with Crippen LogP contribution >= 0.6 is 11.8 Å². The molecular formula is C24H23N7OS. The van der Waals surface area contributed by atoms with E-state index in [2.05, 4.69) is 49.8 Å². The van der Waals surface area contributed by atoms with Crippen molar-refractivity contribution in [2.24, 2.45) is 12.2 Å². The fraction of sp³-hybridized carbons (Fsp3) is 0.208. The fourth-order valence-corrected chi connectivity index (χ4v) is 4.26. The highest BCUT2D eigenvalue weighted by atomic mass is 32.2. The van der Waals surface area contributed by atoms with E-state index in [0.717, 1.165) is 35.1 Å². The zero-order valence-electron chi connectivity index (χ0n) is 18.4. The summed E-state index contributed by atoms with van der Waals surface area (Å²) in [5.41, 5.74) is 4.96. The van der Waals surface area contributed by atoms with Gasteiger partial charge in [0.1, 0.15) is 5.82 Å². The van der Waals surface area contributed by atoms with Crippen molar-refractivity contribution in [3.63, 3.8) is 0 Å². The van der Waals surface area contributed by atoms with Crippen LogP contribution in [0.4, 0.5) is 5.82 Å². The van der Waals surface area contributed by atoms with Crippen molar-refractivity contribution in [3.8, 4) is 0 Å². The van der Waals surface area contributed by atoms with Crippen molar-refractivity contribution in [2.45, 2.75) is 24.6 Å². The maximum Gasteiger partial charge on any atom is 0.204 e. The van der Waals surface area contributed by atoms with Gasteiger partial charge < -0.3 is 9.74 Å². The number of benzene rings is 2. The predicted molar refractivity (Wildman–Crippen MR) is 128 cm³/mol. The Morgan fingerprint density at radius 2 is 1.82 bits per heavy atom. The summed E-state index contributed by atoms with van der Waals surface area (Å²) in [6.07, 6.45) is 2.04. The number of tetrazole rings is 1. The van der Waals surface area contributed by atoms with Gasteiger partial charge in [0, 0.05) is 30.6 Å². The first-order valence-electron chi connectivity index (χ1n) is 10.6. The molecule has 0 N–H and O–H groups in total. The third kappa shape index (κ3) is 4.58. The van der Waals surface area contributed by atoms with E-state index in [9.17, 15) is 0 Å². The smallest absolute Gasteiger partial charge is 0.204 e. The van der Waals surface area contributed by atoms with Crippen molar-refractivity contribution in [3.05, 3.63) is 94.9 Å². The molecule has 8 nitrogen and oxygen atoms in total. The lowest BCUT2D eigenvalue weighted by molar-refractivity contribution is 0.128. The molecule has 0 saturated carbocycles. The SMILES string of the molecule is CSc1cccc(C(=NOCc2cccc(N3Cc4ccccc4C3)n2)c2nnnn2C)c1. The van der Waals surface area contributed by atoms with Crippen LogP contribution in [0, 0.1) is 0 Å². The van der Waals surface area contributed by atoms with Crippen molar-refractivity contribution >= 4 is 23.3 Å². The summed E-state index contributed by atoms with van der Waals surface area (Å²) in [7, 11) is 1.78. The molecule has 0 spiro atoms. The van der Waals surface area contributed by atoms with E-state index in [1.54, 1.807) is 23.5 Å². The fourth-order valence-electron chi connectivity index (χ4n) is 3.80. The number of hydrogen-bond acceptors (Lipinski definition) is 8. The van der Waals surface area contributed by atoms with Gasteiger partial charge in [-0.1, -0.05) is 47.6 Å². The highest BCUT2D eigenvalue weighted by Crippen LogP contribution is 2.27. The van der Waals surface area contributed by atoms with Crippen molar-refractivity contribution in [1.29, 1.82) is 0 Å². The number of oxime groups is 1. The minimum absolute atomic E-state index is 0.242. The van der Waals surface area contributed by atoms with E-state index < -0.39 is 0 Å². The maximum atomic E-state index is 5.76. The largest absolute Gasteiger partial charge is 0.389 e. The van der Waals surface area contributed by atoms with Crippen LogP contribution in [0.1, 0.15) is 28.2 Å². The molecule has 2 aromatic carbocycles. The molecule has 0 fully saturated rings. The number of aryl methyl sites for hydroxylation is 1. The highest BCUT2D eigenvalue weighted by molar-refractivity contribution is 7.98. The van der Waals surface area contributed by atoms with Gasteiger partial charge in [0.05, 0.1) is 5.69 Å². The Hall–Kier alpha value is -3.72. The van der Waals surface area contributed by atoms with E-state index >= 15 is 0 Å². The first kappa shape index (κ1) is 21.1. The average Bonchev–Trinajstić information content (AvgIpc) is 3.48. The molecule has 0 amide bonds. The molecule has 0 atom stereocenters. The van der Waals surface area contributed by atoms with Crippen LogP contribution in [-0.4, -0.2) is 37.2 Å². The summed E-state index contributed by atoms with van der Waals surface area (Å²) >= 11 is 1.66. The molecule has 3 heterocycles. The van der Waals surface area contributed by atoms with E-state index in [1.165, 1.54) is 11.1 Å². The third-order valence-electron chi connectivity index (χ3n) is 5.50. The number of aromatic nitrogens is 5. The molecule has 5 rings (SSSR count). The summed E-state index contributed by atoms with van der Waals surface area (Å²) < 4.78 is 1.58. The van der Waals surface area contributed by atoms with Crippen LogP contribution in [0.3, 0.4) is 0 Å². The lowest BCUT2D eigenvalue weighted by atomic mass is 10.1. The molecule has 4 aromatic rings. The van der Waals surface area contributed by atoms with Gasteiger partial charge in [0.15, 0.2) is 12.3 Å². The summed E-state index contributed by atoms with van der Waals surface area (Å²) in [5.74, 6) is 1.46. The molecule has 2 aromatic heterocycles. The quantitative estimate of drug-likeness (QED) is 0.237. The minimum atomic E-state index is 0.242. The number of hydrogen-bond donors (Lipinski definition) is 0. The normalized spacial score (nSPS) is 13.3. The van der Waals surface area contributed by atoms with Gasteiger partial charge in [-0.3, -0.25) is 0 Å². The molecule has 1 aliphatic heterocycles. The number of anilines is 1. The molecular weight excluding hydrogens is 434 g/mol. The number of nitrogens with zero attached hydrogens (tertiary/aromatic N) is 7. The molecule has 0 radical (unpaired) electrons.